The monoisotopic (exact) mass is 702 g/mol. The average molecular weight is 703 g/mol. The van der Waals surface area contributed by atoms with Crippen LogP contribution in [-0.2, 0) is 41.7 Å². The van der Waals surface area contributed by atoms with Gasteiger partial charge < -0.3 is 30.7 Å². The Balaban J connectivity index is 1.49. The number of carboxylic acids is 1. The summed E-state index contributed by atoms with van der Waals surface area (Å²) >= 11 is 0. The summed E-state index contributed by atoms with van der Waals surface area (Å²) in [5.74, 6) is -3.38. The van der Waals surface area contributed by atoms with Crippen LogP contribution in [0.15, 0.2) is 72.8 Å². The molecule has 4 rings (SSSR count). The molecule has 12 heteroatoms. The predicted octanol–water partition coefficient (Wildman–Crippen LogP) is 4.32. The lowest BCUT2D eigenvalue weighted by Gasteiger charge is -2.35. The van der Waals surface area contributed by atoms with E-state index in [2.05, 4.69) is 16.0 Å². The first kappa shape index (κ1) is 38.8. The number of ether oxygens (including phenoxy) is 1. The summed E-state index contributed by atoms with van der Waals surface area (Å²) in [5.41, 5.74) is 1.57. The van der Waals surface area contributed by atoms with Crippen molar-refractivity contribution in [2.75, 3.05) is 6.54 Å². The summed E-state index contributed by atoms with van der Waals surface area (Å²) in [6.45, 7) is 3.85. The summed E-state index contributed by atoms with van der Waals surface area (Å²) in [5, 5.41) is 17.4. The van der Waals surface area contributed by atoms with Crippen LogP contribution in [0.1, 0.15) is 76.3 Å². The summed E-state index contributed by atoms with van der Waals surface area (Å²) in [7, 11) is 0. The molecule has 274 valence electrons. The molecule has 1 aliphatic heterocycles. The minimum atomic E-state index is -1.14. The number of carbonyl (C=O) groups is 6. The molecule has 0 bridgehead atoms. The van der Waals surface area contributed by atoms with Crippen LogP contribution in [0.5, 0.6) is 0 Å². The standard InChI is InChI=1S/C39H50N4O8/c1-3-40-37(48)33-23-29-18-10-12-20-32(29)43(33)38(49)26(2)41-36(47)30(19-11-13-21-35(45)46)24-34(44)31(22-27-14-6-4-7-15-27)42-39(50)51-25-28-16-8-5-9-17-28/h4-9,13-17,21,26,29-33H,3,10-12,18-20,22-25H2,1-2H3,(H,40,48)(H,41,47)(H,42,50)(H,45,46)/b21-13+/t26?,29?,30-,31+,32?,33?/m1/s1. The number of nitrogens with zero attached hydrogens (tertiary/aromatic N) is 1. The maximum Gasteiger partial charge on any atom is 0.408 e. The number of amides is 4. The zero-order valence-electron chi connectivity index (χ0n) is 29.4. The van der Waals surface area contributed by atoms with E-state index in [1.54, 1.807) is 11.8 Å². The molecule has 4 unspecified atom stereocenters. The van der Waals surface area contributed by atoms with Gasteiger partial charge in [0.1, 0.15) is 18.7 Å². The van der Waals surface area contributed by atoms with Gasteiger partial charge in [-0.25, -0.2) is 9.59 Å². The molecule has 12 nitrogen and oxygen atoms in total. The average Bonchev–Trinajstić information content (AvgIpc) is 3.52. The van der Waals surface area contributed by atoms with E-state index in [1.807, 2.05) is 67.6 Å². The van der Waals surface area contributed by atoms with E-state index >= 15 is 0 Å². The smallest absolute Gasteiger partial charge is 0.408 e. The Morgan fingerprint density at radius 3 is 2.27 bits per heavy atom. The maximum absolute atomic E-state index is 14.0. The lowest BCUT2D eigenvalue weighted by molar-refractivity contribution is -0.144. The van der Waals surface area contributed by atoms with Crippen LogP contribution < -0.4 is 16.0 Å². The highest BCUT2D eigenvalue weighted by molar-refractivity contribution is 5.95. The number of aliphatic carboxylic acids is 1. The fraction of sp³-hybridized carbons (Fsp3) is 0.487. The molecular formula is C39H50N4O8. The predicted molar refractivity (Wildman–Crippen MR) is 190 cm³/mol. The molecule has 2 fully saturated rings. The number of carbonyl (C=O) groups excluding carboxylic acids is 5. The molecule has 0 aromatic heterocycles. The van der Waals surface area contributed by atoms with Gasteiger partial charge in [-0.3, -0.25) is 19.2 Å². The van der Waals surface area contributed by atoms with Crippen molar-refractivity contribution in [3.8, 4) is 0 Å². The van der Waals surface area contributed by atoms with Crippen molar-refractivity contribution in [3.63, 3.8) is 0 Å². The Bertz CT molecular complexity index is 1530. The van der Waals surface area contributed by atoms with Crippen molar-refractivity contribution < 1.29 is 38.6 Å². The lowest BCUT2D eigenvalue weighted by Crippen LogP contribution is -2.56. The molecular weight excluding hydrogens is 652 g/mol. The topological polar surface area (TPSA) is 171 Å². The van der Waals surface area contributed by atoms with E-state index in [9.17, 15) is 28.8 Å². The Kier molecular flexibility index (Phi) is 14.8. The zero-order chi connectivity index (χ0) is 36.8. The number of ketones is 1. The third-order valence-electron chi connectivity index (χ3n) is 9.66. The molecule has 4 amide bonds. The molecule has 0 spiro atoms. The van der Waals surface area contributed by atoms with Gasteiger partial charge in [0.05, 0.1) is 6.04 Å². The van der Waals surface area contributed by atoms with E-state index in [4.69, 9.17) is 9.84 Å². The second kappa shape index (κ2) is 19.4. The Morgan fingerprint density at radius 1 is 0.941 bits per heavy atom. The summed E-state index contributed by atoms with van der Waals surface area (Å²) in [6, 6.07) is 15.5. The molecule has 1 saturated heterocycles. The van der Waals surface area contributed by atoms with E-state index < -0.39 is 47.8 Å². The number of hydrogen-bond acceptors (Lipinski definition) is 7. The molecule has 2 aromatic carbocycles. The molecule has 1 heterocycles. The summed E-state index contributed by atoms with van der Waals surface area (Å²) < 4.78 is 5.39. The number of allylic oxidation sites excluding steroid dienone is 1. The molecule has 51 heavy (non-hydrogen) atoms. The molecule has 1 aliphatic carbocycles. The molecule has 2 aromatic rings. The number of likely N-dealkylation sites (tertiary alicyclic amines) is 1. The van der Waals surface area contributed by atoms with Gasteiger partial charge in [-0.2, -0.15) is 0 Å². The first-order chi connectivity index (χ1) is 24.6. The molecule has 4 N–H and O–H groups in total. The normalized spacial score (nSPS) is 20.0. The number of carboxylic acid groups (broad SMARTS) is 1. The number of rotatable bonds is 17. The highest BCUT2D eigenvalue weighted by Crippen LogP contribution is 2.40. The molecule has 6 atom stereocenters. The summed E-state index contributed by atoms with van der Waals surface area (Å²) in [6.07, 6.45) is 6.11. The van der Waals surface area contributed by atoms with Gasteiger partial charge in [0.2, 0.25) is 17.7 Å². The molecule has 0 radical (unpaired) electrons. The zero-order valence-corrected chi connectivity index (χ0v) is 29.4. The minimum absolute atomic E-state index is 0.00532. The van der Waals surface area contributed by atoms with Crippen LogP contribution in [0, 0.1) is 11.8 Å². The Labute approximate surface area is 299 Å². The van der Waals surface area contributed by atoms with E-state index in [1.165, 1.54) is 6.08 Å². The Hall–Kier alpha value is -5.00. The number of hydrogen-bond donors (Lipinski definition) is 4. The van der Waals surface area contributed by atoms with Crippen molar-refractivity contribution in [2.45, 2.75) is 102 Å². The van der Waals surface area contributed by atoms with Crippen LogP contribution in [0.4, 0.5) is 4.79 Å². The number of likely N-dealkylation sites (N-methyl/N-ethyl adjacent to an activating group) is 1. The van der Waals surface area contributed by atoms with Crippen molar-refractivity contribution in [2.24, 2.45) is 11.8 Å². The van der Waals surface area contributed by atoms with Crippen molar-refractivity contribution in [3.05, 3.63) is 83.9 Å². The number of nitrogens with one attached hydrogen (secondary N) is 3. The molecule has 2 aliphatic rings. The molecule has 1 saturated carbocycles. The number of fused-ring (bicyclic) bond motifs is 1. The third kappa shape index (κ3) is 11.5. The van der Waals surface area contributed by atoms with Crippen molar-refractivity contribution in [1.82, 2.24) is 20.9 Å². The van der Waals surface area contributed by atoms with Crippen molar-refractivity contribution in [1.29, 1.82) is 0 Å². The van der Waals surface area contributed by atoms with Crippen LogP contribution in [-0.4, -0.2) is 76.3 Å². The number of benzene rings is 2. The van der Waals surface area contributed by atoms with Gasteiger partial charge in [0, 0.05) is 31.0 Å². The quantitative estimate of drug-likeness (QED) is 0.177. The number of alkyl carbamates (subject to hydrolysis) is 1. The van der Waals surface area contributed by atoms with E-state index in [0.29, 0.717) is 13.0 Å². The van der Waals surface area contributed by atoms with E-state index in [-0.39, 0.29) is 56.1 Å². The van der Waals surface area contributed by atoms with Gasteiger partial charge in [-0.15, -0.1) is 0 Å². The second-order valence-electron chi connectivity index (χ2n) is 13.4. The SMILES string of the molecule is CCNC(=O)C1CC2CCCCC2N1C(=O)C(C)NC(=O)[C@H](CC/C=C/C(=O)O)CC(=O)[C@H](Cc1ccccc1)NC(=O)OCc1ccccc1. The first-order valence-corrected chi connectivity index (χ1v) is 17.9. The minimum Gasteiger partial charge on any atom is -0.478 e. The van der Waals surface area contributed by atoms with Crippen molar-refractivity contribution >= 4 is 35.6 Å². The third-order valence-corrected chi connectivity index (χ3v) is 9.66. The van der Waals surface area contributed by atoms with Gasteiger partial charge in [0.25, 0.3) is 0 Å². The first-order valence-electron chi connectivity index (χ1n) is 17.9. The Morgan fingerprint density at radius 2 is 1.61 bits per heavy atom. The van der Waals surface area contributed by atoms with Crippen LogP contribution in [0.2, 0.25) is 0 Å². The van der Waals surface area contributed by atoms with Gasteiger partial charge >= 0.3 is 12.1 Å². The highest BCUT2D eigenvalue weighted by Gasteiger charge is 2.48. The highest BCUT2D eigenvalue weighted by atomic mass is 16.5. The maximum atomic E-state index is 14.0. The fourth-order valence-corrected chi connectivity index (χ4v) is 7.11. The fourth-order valence-electron chi connectivity index (χ4n) is 7.11. The van der Waals surface area contributed by atoms with Crippen LogP contribution in [0.25, 0.3) is 0 Å². The van der Waals surface area contributed by atoms with Gasteiger partial charge in [0.15, 0.2) is 5.78 Å². The second-order valence-corrected chi connectivity index (χ2v) is 13.4. The largest absolute Gasteiger partial charge is 0.478 e. The van der Waals surface area contributed by atoms with Crippen LogP contribution in [0.3, 0.4) is 0 Å². The lowest BCUT2D eigenvalue weighted by atomic mass is 9.84. The van der Waals surface area contributed by atoms with Gasteiger partial charge in [-0.05, 0) is 69.4 Å². The van der Waals surface area contributed by atoms with Gasteiger partial charge in [-0.1, -0.05) is 79.6 Å². The summed E-state index contributed by atoms with van der Waals surface area (Å²) in [4.78, 5) is 80.4. The van der Waals surface area contributed by atoms with E-state index in [0.717, 1.165) is 42.9 Å². The number of Topliss-reactive ketones (excluding diaryl/α,β-unsaturated/α-hetero) is 1. The van der Waals surface area contributed by atoms with Crippen LogP contribution >= 0.6 is 0 Å².